The van der Waals surface area contributed by atoms with Crippen molar-refractivity contribution < 1.29 is 14.3 Å². The van der Waals surface area contributed by atoms with E-state index in [1.54, 1.807) is 30.3 Å². The SMILES string of the molecule is O=C(Nc1cc(Cl)ccc1Oc1ccccc1)c1ccc(NC(=O)C2CC2)s1. The van der Waals surface area contributed by atoms with Crippen LogP contribution in [0.1, 0.15) is 22.5 Å². The number of thiophene rings is 1. The van der Waals surface area contributed by atoms with Gasteiger partial charge in [-0.1, -0.05) is 29.8 Å². The summed E-state index contributed by atoms with van der Waals surface area (Å²) in [7, 11) is 0. The molecule has 0 atom stereocenters. The average molecular weight is 413 g/mol. The van der Waals surface area contributed by atoms with Crippen LogP contribution in [0.15, 0.2) is 60.7 Å². The molecule has 0 aliphatic heterocycles. The summed E-state index contributed by atoms with van der Waals surface area (Å²) >= 11 is 7.32. The standard InChI is InChI=1S/C21H17ClN2O3S/c22-14-8-9-17(27-15-4-2-1-3-5-15)16(12-14)23-21(26)18-10-11-19(28-18)24-20(25)13-6-7-13/h1-5,8-13H,6-7H2,(H,23,26)(H,24,25). The highest BCUT2D eigenvalue weighted by atomic mass is 35.5. The van der Waals surface area contributed by atoms with Gasteiger partial charge >= 0.3 is 0 Å². The van der Waals surface area contributed by atoms with E-state index < -0.39 is 0 Å². The molecule has 0 unspecified atom stereocenters. The van der Waals surface area contributed by atoms with Gasteiger partial charge in [0.05, 0.1) is 15.6 Å². The van der Waals surface area contributed by atoms with Crippen LogP contribution in [0.2, 0.25) is 5.02 Å². The van der Waals surface area contributed by atoms with Crippen LogP contribution < -0.4 is 15.4 Å². The van der Waals surface area contributed by atoms with Gasteiger partial charge in [0.2, 0.25) is 5.91 Å². The fraction of sp³-hybridized carbons (Fsp3) is 0.143. The van der Waals surface area contributed by atoms with E-state index >= 15 is 0 Å². The van der Waals surface area contributed by atoms with Crippen molar-refractivity contribution >= 4 is 45.4 Å². The van der Waals surface area contributed by atoms with Gasteiger partial charge < -0.3 is 15.4 Å². The quantitative estimate of drug-likeness (QED) is 0.538. The first-order valence-electron chi connectivity index (χ1n) is 8.83. The molecule has 5 nitrogen and oxygen atoms in total. The third-order valence-corrected chi connectivity index (χ3v) is 5.42. The molecule has 2 amide bonds. The summed E-state index contributed by atoms with van der Waals surface area (Å²) in [4.78, 5) is 25.0. The molecule has 1 heterocycles. The number of nitrogens with one attached hydrogen (secondary N) is 2. The molecule has 28 heavy (non-hydrogen) atoms. The molecule has 3 aromatic rings. The minimum Gasteiger partial charge on any atom is -0.455 e. The predicted octanol–water partition coefficient (Wildman–Crippen LogP) is 5.79. The third-order valence-electron chi connectivity index (χ3n) is 4.19. The fourth-order valence-electron chi connectivity index (χ4n) is 2.58. The lowest BCUT2D eigenvalue weighted by molar-refractivity contribution is -0.117. The zero-order chi connectivity index (χ0) is 19.5. The molecule has 1 saturated carbocycles. The molecular weight excluding hydrogens is 396 g/mol. The maximum Gasteiger partial charge on any atom is 0.265 e. The second kappa shape index (κ2) is 8.04. The van der Waals surface area contributed by atoms with Crippen molar-refractivity contribution in [1.29, 1.82) is 0 Å². The Hall–Kier alpha value is -2.83. The second-order valence-electron chi connectivity index (χ2n) is 6.44. The monoisotopic (exact) mass is 412 g/mol. The Morgan fingerprint density at radius 1 is 1.00 bits per heavy atom. The number of ether oxygens (including phenoxy) is 1. The minimum atomic E-state index is -0.294. The first-order valence-corrected chi connectivity index (χ1v) is 10.0. The van der Waals surface area contributed by atoms with Crippen LogP contribution in [0.25, 0.3) is 0 Å². The van der Waals surface area contributed by atoms with Crippen molar-refractivity contribution in [1.82, 2.24) is 0 Å². The van der Waals surface area contributed by atoms with Crippen molar-refractivity contribution in [2.45, 2.75) is 12.8 Å². The molecule has 2 aromatic carbocycles. The highest BCUT2D eigenvalue weighted by Crippen LogP contribution is 2.34. The summed E-state index contributed by atoms with van der Waals surface area (Å²) < 4.78 is 5.87. The number of para-hydroxylation sites is 1. The normalized spacial score (nSPS) is 13.0. The molecule has 1 aliphatic rings. The number of carbonyl (C=O) groups excluding carboxylic acids is 2. The number of halogens is 1. The van der Waals surface area contributed by atoms with Gasteiger partial charge in [0.1, 0.15) is 5.75 Å². The molecule has 2 N–H and O–H groups in total. The Bertz CT molecular complexity index is 1020. The van der Waals surface area contributed by atoms with Crippen LogP contribution in [0.3, 0.4) is 0 Å². The predicted molar refractivity (Wildman–Crippen MR) is 112 cm³/mol. The lowest BCUT2D eigenvalue weighted by atomic mass is 10.2. The summed E-state index contributed by atoms with van der Waals surface area (Å²) in [5.74, 6) is 0.979. The van der Waals surface area contributed by atoms with Crippen LogP contribution in [0.5, 0.6) is 11.5 Å². The van der Waals surface area contributed by atoms with Gasteiger partial charge in [0, 0.05) is 10.9 Å². The van der Waals surface area contributed by atoms with Gasteiger partial charge in [-0.05, 0) is 55.3 Å². The van der Waals surface area contributed by atoms with Crippen molar-refractivity contribution in [2.24, 2.45) is 5.92 Å². The van der Waals surface area contributed by atoms with E-state index in [9.17, 15) is 9.59 Å². The molecule has 1 aliphatic carbocycles. The van der Waals surface area contributed by atoms with Crippen LogP contribution in [0, 0.1) is 5.92 Å². The Morgan fingerprint density at radius 2 is 1.79 bits per heavy atom. The molecule has 4 rings (SSSR count). The van der Waals surface area contributed by atoms with Gasteiger partial charge in [0.25, 0.3) is 5.91 Å². The zero-order valence-electron chi connectivity index (χ0n) is 14.8. The number of rotatable bonds is 6. The molecule has 0 saturated heterocycles. The summed E-state index contributed by atoms with van der Waals surface area (Å²) in [5, 5.41) is 6.84. The van der Waals surface area contributed by atoms with E-state index in [1.165, 1.54) is 11.3 Å². The minimum absolute atomic E-state index is 0.0159. The van der Waals surface area contributed by atoms with Gasteiger partial charge in [-0.25, -0.2) is 0 Å². The van der Waals surface area contributed by atoms with Crippen LogP contribution in [-0.2, 0) is 4.79 Å². The van der Waals surface area contributed by atoms with Crippen LogP contribution >= 0.6 is 22.9 Å². The van der Waals surface area contributed by atoms with E-state index in [-0.39, 0.29) is 17.7 Å². The Labute approximate surface area is 171 Å². The molecular formula is C21H17ClN2O3S. The Kier molecular flexibility index (Phi) is 5.32. The van der Waals surface area contributed by atoms with Gasteiger partial charge in [0.15, 0.2) is 5.75 Å². The second-order valence-corrected chi connectivity index (χ2v) is 7.96. The molecule has 0 radical (unpaired) electrons. The highest BCUT2D eigenvalue weighted by molar-refractivity contribution is 7.18. The van der Waals surface area contributed by atoms with Crippen molar-refractivity contribution in [3.8, 4) is 11.5 Å². The van der Waals surface area contributed by atoms with Crippen molar-refractivity contribution in [2.75, 3.05) is 10.6 Å². The topological polar surface area (TPSA) is 67.4 Å². The van der Waals surface area contributed by atoms with Crippen LogP contribution in [0.4, 0.5) is 10.7 Å². The number of carbonyl (C=O) groups is 2. The smallest absolute Gasteiger partial charge is 0.265 e. The first kappa shape index (κ1) is 18.5. The molecule has 1 fully saturated rings. The maximum absolute atomic E-state index is 12.7. The number of amides is 2. The van der Waals surface area contributed by atoms with Crippen LogP contribution in [-0.4, -0.2) is 11.8 Å². The number of benzene rings is 2. The lowest BCUT2D eigenvalue weighted by Gasteiger charge is -2.12. The largest absolute Gasteiger partial charge is 0.455 e. The molecule has 0 spiro atoms. The molecule has 7 heteroatoms. The summed E-state index contributed by atoms with van der Waals surface area (Å²) in [6, 6.07) is 17.8. The Balaban J connectivity index is 1.48. The van der Waals surface area contributed by atoms with Gasteiger partial charge in [-0.2, -0.15) is 0 Å². The van der Waals surface area contributed by atoms with Crippen molar-refractivity contribution in [3.63, 3.8) is 0 Å². The zero-order valence-corrected chi connectivity index (χ0v) is 16.3. The fourth-order valence-corrected chi connectivity index (χ4v) is 3.56. The van der Waals surface area contributed by atoms with Gasteiger partial charge in [-0.3, -0.25) is 9.59 Å². The third kappa shape index (κ3) is 4.52. The maximum atomic E-state index is 12.7. The Morgan fingerprint density at radius 3 is 2.54 bits per heavy atom. The lowest BCUT2D eigenvalue weighted by Crippen LogP contribution is -2.12. The van der Waals surface area contributed by atoms with Crippen molar-refractivity contribution in [3.05, 3.63) is 70.6 Å². The average Bonchev–Trinajstić information content (AvgIpc) is 3.44. The molecule has 142 valence electrons. The van der Waals surface area contributed by atoms with E-state index in [4.69, 9.17) is 16.3 Å². The molecule has 0 bridgehead atoms. The summed E-state index contributed by atoms with van der Waals surface area (Å²) in [6.07, 6.45) is 1.87. The van der Waals surface area contributed by atoms with Gasteiger partial charge in [-0.15, -0.1) is 11.3 Å². The van der Waals surface area contributed by atoms with E-state index in [0.29, 0.717) is 32.1 Å². The summed E-state index contributed by atoms with van der Waals surface area (Å²) in [5.41, 5.74) is 0.471. The van der Waals surface area contributed by atoms with E-state index in [1.807, 2.05) is 30.3 Å². The van der Waals surface area contributed by atoms with E-state index in [0.717, 1.165) is 12.8 Å². The number of anilines is 2. The molecule has 1 aromatic heterocycles. The number of hydrogen-bond acceptors (Lipinski definition) is 4. The first-order chi connectivity index (χ1) is 13.6. The van der Waals surface area contributed by atoms with E-state index in [2.05, 4.69) is 10.6 Å². The highest BCUT2D eigenvalue weighted by Gasteiger charge is 2.29. The number of hydrogen-bond donors (Lipinski definition) is 2. The summed E-state index contributed by atoms with van der Waals surface area (Å²) in [6.45, 7) is 0.